The lowest BCUT2D eigenvalue weighted by molar-refractivity contribution is 0.0621. The van der Waals surface area contributed by atoms with Crippen molar-refractivity contribution in [3.63, 3.8) is 0 Å². The molecule has 1 amide bonds. The molecule has 0 bridgehead atoms. The van der Waals surface area contributed by atoms with E-state index in [1.165, 1.54) is 4.57 Å². The Morgan fingerprint density at radius 1 is 1.31 bits per heavy atom. The number of carbonyl (C=O) groups is 1. The number of nitrogens with one attached hydrogen (secondary N) is 2. The molecule has 1 fully saturated rings. The van der Waals surface area contributed by atoms with Crippen LogP contribution >= 0.6 is 12.4 Å². The average molecular weight is 419 g/mol. The number of hydrogen-bond acceptors (Lipinski definition) is 5. The first-order valence-corrected chi connectivity index (χ1v) is 9.27. The fraction of sp³-hybridized carbons (Fsp3) is 0.368. The SMILES string of the molecule is CCn1c(=O)c(=O)[nH]c2cc(C(=O)N3CCNCC3c3nccn3C)ccc21.Cl. The minimum Gasteiger partial charge on any atom is -0.336 e. The Morgan fingerprint density at radius 3 is 2.79 bits per heavy atom. The molecule has 1 aliphatic rings. The number of benzene rings is 1. The number of aromatic amines is 1. The van der Waals surface area contributed by atoms with E-state index in [1.54, 1.807) is 36.2 Å². The lowest BCUT2D eigenvalue weighted by atomic mass is 10.1. The number of piperazine rings is 1. The van der Waals surface area contributed by atoms with Crippen LogP contribution in [-0.4, -0.2) is 49.5 Å². The van der Waals surface area contributed by atoms with Crippen LogP contribution in [0.1, 0.15) is 29.1 Å². The van der Waals surface area contributed by atoms with Crippen LogP contribution in [0.25, 0.3) is 11.0 Å². The van der Waals surface area contributed by atoms with Gasteiger partial charge in [-0.1, -0.05) is 0 Å². The number of amides is 1. The monoisotopic (exact) mass is 418 g/mol. The van der Waals surface area contributed by atoms with Gasteiger partial charge in [-0.25, -0.2) is 4.98 Å². The van der Waals surface area contributed by atoms with Gasteiger partial charge in [-0.05, 0) is 25.1 Å². The van der Waals surface area contributed by atoms with Gasteiger partial charge in [0.15, 0.2) is 0 Å². The first-order valence-electron chi connectivity index (χ1n) is 9.27. The predicted octanol–water partition coefficient (Wildman–Crippen LogP) is 0.652. The van der Waals surface area contributed by atoms with E-state index in [1.807, 2.05) is 17.8 Å². The second kappa shape index (κ2) is 8.22. The second-order valence-electron chi connectivity index (χ2n) is 6.85. The maximum atomic E-state index is 13.3. The molecule has 0 aliphatic carbocycles. The number of carbonyl (C=O) groups excluding carboxylic acids is 1. The van der Waals surface area contributed by atoms with Gasteiger partial charge >= 0.3 is 11.1 Å². The number of aromatic nitrogens is 4. The van der Waals surface area contributed by atoms with E-state index in [2.05, 4.69) is 15.3 Å². The van der Waals surface area contributed by atoms with E-state index in [4.69, 9.17) is 0 Å². The summed E-state index contributed by atoms with van der Waals surface area (Å²) in [5.74, 6) is 0.682. The normalized spacial score (nSPS) is 16.6. The maximum absolute atomic E-state index is 13.3. The van der Waals surface area contributed by atoms with E-state index in [0.29, 0.717) is 42.8 Å². The standard InChI is InChI=1S/C19H22N6O3.ClH/c1-3-24-14-5-4-12(10-13(14)22-17(26)19(24)28)18(27)25-9-6-20-11-15(25)16-21-7-8-23(16)2;/h4-5,7-8,10,15,20H,3,6,9,11H2,1-2H3,(H,22,26);1H. The summed E-state index contributed by atoms with van der Waals surface area (Å²) in [5, 5.41) is 3.31. The third-order valence-electron chi connectivity index (χ3n) is 5.20. The quantitative estimate of drug-likeness (QED) is 0.608. The molecular formula is C19H23ClN6O3. The molecular weight excluding hydrogens is 396 g/mol. The van der Waals surface area contributed by atoms with Crippen LogP contribution in [0.4, 0.5) is 0 Å². The first-order chi connectivity index (χ1) is 13.5. The molecule has 4 rings (SSSR count). The third-order valence-corrected chi connectivity index (χ3v) is 5.20. The summed E-state index contributed by atoms with van der Waals surface area (Å²) < 4.78 is 3.32. The van der Waals surface area contributed by atoms with Gasteiger partial charge in [-0.3, -0.25) is 14.4 Å². The van der Waals surface area contributed by atoms with Gasteiger partial charge in [-0.15, -0.1) is 12.4 Å². The van der Waals surface area contributed by atoms with Crippen LogP contribution in [0.3, 0.4) is 0 Å². The molecule has 3 heterocycles. The molecule has 2 N–H and O–H groups in total. The minimum absolute atomic E-state index is 0. The molecule has 154 valence electrons. The van der Waals surface area contributed by atoms with Gasteiger partial charge < -0.3 is 24.3 Å². The largest absolute Gasteiger partial charge is 0.336 e. The summed E-state index contributed by atoms with van der Waals surface area (Å²) >= 11 is 0. The highest BCUT2D eigenvalue weighted by Gasteiger charge is 2.31. The van der Waals surface area contributed by atoms with Crippen LogP contribution in [0, 0.1) is 0 Å². The molecule has 1 saturated heterocycles. The molecule has 2 aromatic heterocycles. The van der Waals surface area contributed by atoms with E-state index < -0.39 is 11.1 Å². The molecule has 1 aromatic carbocycles. The summed E-state index contributed by atoms with van der Waals surface area (Å²) in [6.45, 7) is 4.06. The molecule has 9 nitrogen and oxygen atoms in total. The van der Waals surface area contributed by atoms with E-state index in [9.17, 15) is 14.4 Å². The number of nitrogens with zero attached hydrogens (tertiary/aromatic N) is 4. The van der Waals surface area contributed by atoms with Crippen molar-refractivity contribution in [1.82, 2.24) is 29.3 Å². The van der Waals surface area contributed by atoms with Crippen LogP contribution in [-0.2, 0) is 13.6 Å². The van der Waals surface area contributed by atoms with Crippen molar-refractivity contribution in [2.75, 3.05) is 19.6 Å². The number of fused-ring (bicyclic) bond motifs is 1. The molecule has 29 heavy (non-hydrogen) atoms. The van der Waals surface area contributed by atoms with Gasteiger partial charge in [0.1, 0.15) is 11.9 Å². The number of hydrogen-bond donors (Lipinski definition) is 2. The fourth-order valence-electron chi connectivity index (χ4n) is 3.77. The Morgan fingerprint density at radius 2 is 2.10 bits per heavy atom. The van der Waals surface area contributed by atoms with Crippen LogP contribution < -0.4 is 16.4 Å². The number of halogens is 1. The first kappa shape index (κ1) is 20.8. The van der Waals surface area contributed by atoms with Crippen molar-refractivity contribution in [2.45, 2.75) is 19.5 Å². The lowest BCUT2D eigenvalue weighted by Gasteiger charge is -2.35. The van der Waals surface area contributed by atoms with Crippen LogP contribution in [0.2, 0.25) is 0 Å². The van der Waals surface area contributed by atoms with Crippen molar-refractivity contribution in [2.24, 2.45) is 7.05 Å². The molecule has 1 atom stereocenters. The maximum Gasteiger partial charge on any atom is 0.316 e. The molecule has 10 heteroatoms. The summed E-state index contributed by atoms with van der Waals surface area (Å²) in [4.78, 5) is 46.0. The summed E-state index contributed by atoms with van der Waals surface area (Å²) in [5.41, 5.74) is 0.259. The Balaban J connectivity index is 0.00000240. The van der Waals surface area contributed by atoms with E-state index in [-0.39, 0.29) is 24.4 Å². The number of aryl methyl sites for hydroxylation is 2. The fourth-order valence-corrected chi connectivity index (χ4v) is 3.77. The van der Waals surface area contributed by atoms with Gasteiger partial charge in [0.2, 0.25) is 0 Å². The van der Waals surface area contributed by atoms with Crippen molar-refractivity contribution in [3.8, 4) is 0 Å². The number of rotatable bonds is 3. The predicted molar refractivity (Wildman–Crippen MR) is 112 cm³/mol. The third kappa shape index (κ3) is 3.58. The summed E-state index contributed by atoms with van der Waals surface area (Å²) in [7, 11) is 1.91. The Hall–Kier alpha value is -2.91. The van der Waals surface area contributed by atoms with Gasteiger partial charge in [0.25, 0.3) is 5.91 Å². The Labute approximate surface area is 172 Å². The summed E-state index contributed by atoms with van der Waals surface area (Å²) in [6.07, 6.45) is 3.58. The molecule has 1 unspecified atom stereocenters. The second-order valence-corrected chi connectivity index (χ2v) is 6.85. The zero-order valence-corrected chi connectivity index (χ0v) is 17.0. The Bertz CT molecular complexity index is 1160. The minimum atomic E-state index is -0.688. The zero-order valence-electron chi connectivity index (χ0n) is 16.2. The molecule has 0 radical (unpaired) electrons. The zero-order chi connectivity index (χ0) is 19.8. The van der Waals surface area contributed by atoms with E-state index in [0.717, 1.165) is 5.82 Å². The molecule has 0 spiro atoms. The summed E-state index contributed by atoms with van der Waals surface area (Å²) in [6, 6.07) is 4.87. The van der Waals surface area contributed by atoms with E-state index >= 15 is 0 Å². The Kier molecular flexibility index (Phi) is 5.90. The van der Waals surface area contributed by atoms with Gasteiger partial charge in [0, 0.05) is 51.2 Å². The number of H-pyrrole nitrogens is 1. The number of imidazole rings is 1. The molecule has 1 aliphatic heterocycles. The van der Waals surface area contributed by atoms with Gasteiger partial charge in [0.05, 0.1) is 11.0 Å². The lowest BCUT2D eigenvalue weighted by Crippen LogP contribution is -2.49. The van der Waals surface area contributed by atoms with Crippen molar-refractivity contribution in [3.05, 3.63) is 62.7 Å². The smallest absolute Gasteiger partial charge is 0.316 e. The van der Waals surface area contributed by atoms with Crippen molar-refractivity contribution < 1.29 is 4.79 Å². The van der Waals surface area contributed by atoms with Crippen molar-refractivity contribution in [1.29, 1.82) is 0 Å². The molecule has 0 saturated carbocycles. The van der Waals surface area contributed by atoms with Gasteiger partial charge in [-0.2, -0.15) is 0 Å². The highest BCUT2D eigenvalue weighted by molar-refractivity contribution is 5.97. The van der Waals surface area contributed by atoms with Crippen LogP contribution in [0.5, 0.6) is 0 Å². The highest BCUT2D eigenvalue weighted by Crippen LogP contribution is 2.23. The average Bonchev–Trinajstić information content (AvgIpc) is 3.14. The van der Waals surface area contributed by atoms with Crippen LogP contribution in [0.15, 0.2) is 40.2 Å². The highest BCUT2D eigenvalue weighted by atomic mass is 35.5. The van der Waals surface area contributed by atoms with Crippen molar-refractivity contribution >= 4 is 29.3 Å². The topological polar surface area (TPSA) is 105 Å². The molecule has 3 aromatic rings.